The van der Waals surface area contributed by atoms with Crippen LogP contribution in [0.1, 0.15) is 10.4 Å². The number of methoxy groups -OCH3 is 1. The van der Waals surface area contributed by atoms with Gasteiger partial charge in [-0.2, -0.15) is 0 Å². The molecule has 0 atom stereocenters. The van der Waals surface area contributed by atoms with Crippen LogP contribution in [0.3, 0.4) is 0 Å². The van der Waals surface area contributed by atoms with E-state index in [4.69, 9.17) is 4.74 Å². The zero-order valence-electron chi connectivity index (χ0n) is 17.3. The van der Waals surface area contributed by atoms with Crippen LogP contribution < -0.4 is 15.4 Å². The zero-order valence-corrected chi connectivity index (χ0v) is 17.3. The van der Waals surface area contributed by atoms with Gasteiger partial charge in [0.15, 0.2) is 17.2 Å². The van der Waals surface area contributed by atoms with Crippen LogP contribution >= 0.6 is 0 Å². The molecule has 0 bridgehead atoms. The van der Waals surface area contributed by atoms with Crippen LogP contribution in [0.5, 0.6) is 5.75 Å². The molecule has 2 N–H and O–H groups in total. The van der Waals surface area contributed by atoms with Gasteiger partial charge in [0.1, 0.15) is 11.9 Å². The van der Waals surface area contributed by atoms with Crippen LogP contribution in [-0.2, 0) is 4.74 Å². The molecule has 0 saturated carbocycles. The van der Waals surface area contributed by atoms with Crippen LogP contribution in [-0.4, -0.2) is 45.1 Å². The third-order valence-corrected chi connectivity index (χ3v) is 4.49. The number of urea groups is 1. The predicted octanol–water partition coefficient (Wildman–Crippen LogP) is 4.12. The number of halogens is 3. The van der Waals surface area contributed by atoms with E-state index in [-0.39, 0.29) is 16.9 Å². The Morgan fingerprint density at radius 1 is 1.00 bits per heavy atom. The highest BCUT2D eigenvalue weighted by Gasteiger charge is 2.32. The number of alkyl halides is 3. The molecule has 0 spiro atoms. The van der Waals surface area contributed by atoms with Crippen molar-refractivity contribution >= 4 is 29.0 Å². The normalized spacial score (nSPS) is 11.2. The molecule has 0 saturated heterocycles. The first kappa shape index (κ1) is 22.5. The predicted molar refractivity (Wildman–Crippen MR) is 113 cm³/mol. The van der Waals surface area contributed by atoms with E-state index in [1.807, 2.05) is 0 Å². The molecule has 0 unspecified atom stereocenters. The maximum absolute atomic E-state index is 12.5. The number of para-hydroxylation sites is 2. The number of carbonyl (C=O) groups is 2. The average molecular weight is 472 g/mol. The number of amides is 2. The number of esters is 1. The van der Waals surface area contributed by atoms with Gasteiger partial charge in [0, 0.05) is 17.4 Å². The van der Waals surface area contributed by atoms with E-state index < -0.39 is 24.1 Å². The number of anilines is 2. The van der Waals surface area contributed by atoms with Crippen LogP contribution in [0.25, 0.3) is 17.0 Å². The maximum atomic E-state index is 12.5. The minimum Gasteiger partial charge on any atom is -0.465 e. The molecule has 34 heavy (non-hydrogen) atoms. The summed E-state index contributed by atoms with van der Waals surface area (Å²) in [4.78, 5) is 28.2. The van der Waals surface area contributed by atoms with E-state index in [0.29, 0.717) is 17.1 Å². The second-order valence-corrected chi connectivity index (χ2v) is 6.72. The molecule has 174 valence electrons. The Bertz CT molecular complexity index is 1350. The van der Waals surface area contributed by atoms with Crippen molar-refractivity contribution in [3.63, 3.8) is 0 Å². The fourth-order valence-electron chi connectivity index (χ4n) is 3.04. The maximum Gasteiger partial charge on any atom is 0.573 e. The van der Waals surface area contributed by atoms with Crippen molar-refractivity contribution < 1.29 is 32.2 Å². The Morgan fingerprint density at radius 3 is 2.44 bits per heavy atom. The van der Waals surface area contributed by atoms with Crippen molar-refractivity contribution in [3.05, 3.63) is 66.6 Å². The Hall–Kier alpha value is -4.68. The van der Waals surface area contributed by atoms with Gasteiger partial charge in [0.2, 0.25) is 0 Å². The SMILES string of the molecule is COC(=O)c1cncn2c(-c3ccc(NC(=O)Nc4ccccc4OC(F)(F)F)cc3)nnc12. The summed E-state index contributed by atoms with van der Waals surface area (Å²) in [5.74, 6) is -0.758. The molecule has 4 rings (SSSR count). The van der Waals surface area contributed by atoms with Gasteiger partial charge in [-0.3, -0.25) is 4.40 Å². The molecule has 0 aliphatic rings. The number of aromatic nitrogens is 4. The molecular weight excluding hydrogens is 457 g/mol. The molecular formula is C21H15F3N6O4. The number of benzene rings is 2. The Balaban J connectivity index is 1.49. The average Bonchev–Trinajstić information content (AvgIpc) is 3.24. The van der Waals surface area contributed by atoms with Gasteiger partial charge >= 0.3 is 18.4 Å². The van der Waals surface area contributed by atoms with Gasteiger partial charge < -0.3 is 20.1 Å². The summed E-state index contributed by atoms with van der Waals surface area (Å²) in [7, 11) is 1.24. The minimum atomic E-state index is -4.90. The monoisotopic (exact) mass is 472 g/mol. The summed E-state index contributed by atoms with van der Waals surface area (Å²) in [5, 5.41) is 12.9. The quantitative estimate of drug-likeness (QED) is 0.419. The number of hydrogen-bond donors (Lipinski definition) is 2. The highest BCUT2D eigenvalue weighted by Crippen LogP contribution is 2.30. The smallest absolute Gasteiger partial charge is 0.465 e. The lowest BCUT2D eigenvalue weighted by Gasteiger charge is -2.14. The summed E-state index contributed by atoms with van der Waals surface area (Å²) < 4.78 is 47.8. The van der Waals surface area contributed by atoms with Crippen molar-refractivity contribution in [2.24, 2.45) is 0 Å². The molecule has 2 aromatic heterocycles. The van der Waals surface area contributed by atoms with Crippen LogP contribution in [0.2, 0.25) is 0 Å². The standard InChI is InChI=1S/C21H15F3N6O4/c1-33-19(31)14-10-25-11-30-17(28-29-18(14)30)12-6-8-13(9-7-12)26-20(32)27-15-4-2-3-5-16(15)34-21(22,23)24/h2-11H,1H3,(H2,26,27,32). The molecule has 2 heterocycles. The molecule has 10 nitrogen and oxygen atoms in total. The highest BCUT2D eigenvalue weighted by molar-refractivity contribution is 6.00. The Morgan fingerprint density at radius 2 is 1.74 bits per heavy atom. The first-order valence-electron chi connectivity index (χ1n) is 9.55. The fraction of sp³-hybridized carbons (Fsp3) is 0.0952. The zero-order chi connectivity index (χ0) is 24.3. The van der Waals surface area contributed by atoms with E-state index in [1.165, 1.54) is 42.2 Å². The molecule has 4 aromatic rings. The number of nitrogens with one attached hydrogen (secondary N) is 2. The summed E-state index contributed by atoms with van der Waals surface area (Å²) >= 11 is 0. The summed E-state index contributed by atoms with van der Waals surface area (Å²) in [5.41, 5.74) is 1.22. The molecule has 0 aliphatic heterocycles. The highest BCUT2D eigenvalue weighted by atomic mass is 19.4. The van der Waals surface area contributed by atoms with E-state index in [0.717, 1.165) is 6.07 Å². The minimum absolute atomic E-state index is 0.147. The van der Waals surface area contributed by atoms with Gasteiger partial charge in [-0.05, 0) is 36.4 Å². The van der Waals surface area contributed by atoms with E-state index >= 15 is 0 Å². The van der Waals surface area contributed by atoms with Crippen LogP contribution in [0.15, 0.2) is 61.1 Å². The van der Waals surface area contributed by atoms with E-state index in [9.17, 15) is 22.8 Å². The number of hydrogen-bond acceptors (Lipinski definition) is 7. The largest absolute Gasteiger partial charge is 0.573 e. The van der Waals surface area contributed by atoms with Crippen molar-refractivity contribution in [1.29, 1.82) is 0 Å². The molecule has 0 radical (unpaired) electrons. The molecule has 0 fully saturated rings. The lowest BCUT2D eigenvalue weighted by atomic mass is 10.2. The fourth-order valence-corrected chi connectivity index (χ4v) is 3.04. The third-order valence-electron chi connectivity index (χ3n) is 4.49. The third kappa shape index (κ3) is 4.87. The van der Waals surface area contributed by atoms with Gasteiger partial charge in [-0.15, -0.1) is 23.4 Å². The Labute approximate surface area is 189 Å². The molecule has 13 heteroatoms. The van der Waals surface area contributed by atoms with Gasteiger partial charge in [0.05, 0.1) is 12.8 Å². The molecule has 0 aliphatic carbocycles. The van der Waals surface area contributed by atoms with E-state index in [1.54, 1.807) is 24.3 Å². The molecule has 2 amide bonds. The van der Waals surface area contributed by atoms with Crippen LogP contribution in [0.4, 0.5) is 29.3 Å². The van der Waals surface area contributed by atoms with Gasteiger partial charge in [-0.25, -0.2) is 14.6 Å². The van der Waals surface area contributed by atoms with Crippen molar-refractivity contribution in [2.75, 3.05) is 17.7 Å². The number of nitrogens with zero attached hydrogens (tertiary/aromatic N) is 4. The first-order chi connectivity index (χ1) is 16.2. The molecule has 2 aromatic carbocycles. The number of carbonyl (C=O) groups excluding carboxylic acids is 2. The lowest BCUT2D eigenvalue weighted by molar-refractivity contribution is -0.274. The second kappa shape index (κ2) is 9.05. The number of ether oxygens (including phenoxy) is 2. The lowest BCUT2D eigenvalue weighted by Crippen LogP contribution is -2.22. The first-order valence-corrected chi connectivity index (χ1v) is 9.55. The van der Waals surface area contributed by atoms with Crippen molar-refractivity contribution in [3.8, 4) is 17.1 Å². The van der Waals surface area contributed by atoms with Crippen molar-refractivity contribution in [2.45, 2.75) is 6.36 Å². The summed E-state index contributed by atoms with van der Waals surface area (Å²) in [6, 6.07) is 10.8. The van der Waals surface area contributed by atoms with Crippen LogP contribution in [0, 0.1) is 0 Å². The summed E-state index contributed by atoms with van der Waals surface area (Å²) in [6.07, 6.45) is -2.14. The van der Waals surface area contributed by atoms with Crippen molar-refractivity contribution in [1.82, 2.24) is 19.6 Å². The number of fused-ring (bicyclic) bond motifs is 1. The second-order valence-electron chi connectivity index (χ2n) is 6.72. The topological polar surface area (TPSA) is 120 Å². The summed E-state index contributed by atoms with van der Waals surface area (Å²) in [6.45, 7) is 0. The number of rotatable bonds is 5. The van der Waals surface area contributed by atoms with Gasteiger partial charge in [-0.1, -0.05) is 12.1 Å². The Kier molecular flexibility index (Phi) is 5.99. The van der Waals surface area contributed by atoms with E-state index in [2.05, 4.69) is 30.6 Å². The van der Waals surface area contributed by atoms with Gasteiger partial charge in [0.25, 0.3) is 0 Å².